The first-order chi connectivity index (χ1) is 9.53. The van der Waals surface area contributed by atoms with Crippen molar-refractivity contribution >= 4 is 17.5 Å². The molecular weight excluding hydrogens is 254 g/mol. The Hall–Kier alpha value is -2.53. The summed E-state index contributed by atoms with van der Waals surface area (Å²) < 4.78 is 0. The predicted molar refractivity (Wildman–Crippen MR) is 74.2 cm³/mol. The monoisotopic (exact) mass is 267 g/mol. The zero-order valence-electron chi connectivity index (χ0n) is 10.9. The summed E-state index contributed by atoms with van der Waals surface area (Å²) in [5, 5.41) is 2.62. The first kappa shape index (κ1) is 12.5. The fraction of sp³-hybridized carbons (Fsp3) is 0.133. The van der Waals surface area contributed by atoms with Crippen molar-refractivity contribution in [2.45, 2.75) is 12.5 Å². The Kier molecular flexibility index (Phi) is 2.65. The van der Waals surface area contributed by atoms with Crippen LogP contribution in [0.15, 0.2) is 42.5 Å². The number of Topliss-reactive ketones (excluding diaryl/α,β-unsaturated/α-hetero) is 1. The standard InChI is InChI=1S/C15H13N3O2/c1-9-7-8-11-12(19)15(16,10-5-3-2-4-6-10)14(20)18-13(11)17-9/h2-8H,16H2,1H3,(H,17,18,20). The summed E-state index contributed by atoms with van der Waals surface area (Å²) in [4.78, 5) is 29.1. The van der Waals surface area contributed by atoms with E-state index in [-0.39, 0.29) is 5.82 Å². The van der Waals surface area contributed by atoms with Crippen LogP contribution in [-0.2, 0) is 10.3 Å². The number of hydrogen-bond donors (Lipinski definition) is 2. The van der Waals surface area contributed by atoms with Gasteiger partial charge < -0.3 is 11.1 Å². The molecule has 5 nitrogen and oxygen atoms in total. The molecule has 1 aliphatic rings. The summed E-state index contributed by atoms with van der Waals surface area (Å²) in [7, 11) is 0. The summed E-state index contributed by atoms with van der Waals surface area (Å²) in [6.07, 6.45) is 0. The molecule has 0 aliphatic carbocycles. The second-order valence-electron chi connectivity index (χ2n) is 4.81. The number of amides is 1. The number of ketones is 1. The number of carbonyl (C=O) groups is 2. The van der Waals surface area contributed by atoms with E-state index < -0.39 is 17.2 Å². The van der Waals surface area contributed by atoms with E-state index in [1.807, 2.05) is 0 Å². The van der Waals surface area contributed by atoms with Gasteiger partial charge in [-0.1, -0.05) is 30.3 Å². The minimum absolute atomic E-state index is 0.275. The summed E-state index contributed by atoms with van der Waals surface area (Å²) >= 11 is 0. The zero-order valence-corrected chi connectivity index (χ0v) is 10.9. The van der Waals surface area contributed by atoms with Crippen LogP contribution in [0.25, 0.3) is 0 Å². The SMILES string of the molecule is Cc1ccc2c(n1)NC(=O)C(N)(c1ccccc1)C2=O. The molecule has 5 heteroatoms. The van der Waals surface area contributed by atoms with Gasteiger partial charge in [0.1, 0.15) is 5.82 Å². The minimum atomic E-state index is -1.70. The number of nitrogens with zero attached hydrogens (tertiary/aromatic N) is 1. The molecule has 0 radical (unpaired) electrons. The van der Waals surface area contributed by atoms with Gasteiger partial charge in [0.25, 0.3) is 5.91 Å². The van der Waals surface area contributed by atoms with E-state index >= 15 is 0 Å². The van der Waals surface area contributed by atoms with Crippen molar-refractivity contribution in [2.75, 3.05) is 5.32 Å². The number of pyridine rings is 1. The third-order valence-corrected chi connectivity index (χ3v) is 3.46. The van der Waals surface area contributed by atoms with Crippen molar-refractivity contribution in [3.63, 3.8) is 0 Å². The van der Waals surface area contributed by atoms with E-state index in [9.17, 15) is 9.59 Å². The molecule has 1 aromatic carbocycles. The number of aryl methyl sites for hydroxylation is 1. The number of fused-ring (bicyclic) bond motifs is 1. The van der Waals surface area contributed by atoms with Crippen LogP contribution in [-0.4, -0.2) is 16.7 Å². The molecule has 1 aliphatic heterocycles. The molecule has 0 fully saturated rings. The fourth-order valence-electron chi connectivity index (χ4n) is 2.32. The highest BCUT2D eigenvalue weighted by atomic mass is 16.2. The number of benzene rings is 1. The van der Waals surface area contributed by atoms with Gasteiger partial charge in [-0.25, -0.2) is 4.98 Å². The van der Waals surface area contributed by atoms with Crippen LogP contribution in [0.2, 0.25) is 0 Å². The quantitative estimate of drug-likeness (QED) is 0.764. The third kappa shape index (κ3) is 1.64. The first-order valence-corrected chi connectivity index (χ1v) is 6.22. The summed E-state index contributed by atoms with van der Waals surface area (Å²) in [6.45, 7) is 1.79. The fourth-order valence-corrected chi connectivity index (χ4v) is 2.32. The van der Waals surface area contributed by atoms with Gasteiger partial charge in [0, 0.05) is 5.69 Å². The summed E-state index contributed by atoms with van der Waals surface area (Å²) in [6, 6.07) is 12.0. The van der Waals surface area contributed by atoms with E-state index in [1.165, 1.54) is 0 Å². The van der Waals surface area contributed by atoms with Crippen molar-refractivity contribution < 1.29 is 9.59 Å². The van der Waals surface area contributed by atoms with Gasteiger partial charge in [0.05, 0.1) is 5.56 Å². The maximum Gasteiger partial charge on any atom is 0.258 e. The summed E-state index contributed by atoms with van der Waals surface area (Å²) in [5.41, 5.74) is 5.95. The molecule has 20 heavy (non-hydrogen) atoms. The van der Waals surface area contributed by atoms with E-state index in [0.717, 1.165) is 5.69 Å². The van der Waals surface area contributed by atoms with Gasteiger partial charge in [0.15, 0.2) is 5.54 Å². The van der Waals surface area contributed by atoms with Crippen molar-refractivity contribution in [1.29, 1.82) is 0 Å². The molecule has 2 aromatic rings. The second kappa shape index (κ2) is 4.25. The largest absolute Gasteiger partial charge is 0.308 e. The molecule has 1 amide bonds. The van der Waals surface area contributed by atoms with Crippen LogP contribution in [0.1, 0.15) is 21.6 Å². The number of carbonyl (C=O) groups excluding carboxylic acids is 2. The average molecular weight is 267 g/mol. The Balaban J connectivity index is 2.18. The number of hydrogen-bond acceptors (Lipinski definition) is 4. The van der Waals surface area contributed by atoms with Gasteiger partial charge in [-0.3, -0.25) is 9.59 Å². The molecule has 2 heterocycles. The molecule has 3 rings (SSSR count). The van der Waals surface area contributed by atoms with Gasteiger partial charge in [-0.15, -0.1) is 0 Å². The third-order valence-electron chi connectivity index (χ3n) is 3.46. The van der Waals surface area contributed by atoms with Crippen molar-refractivity contribution in [1.82, 2.24) is 4.98 Å². The Morgan fingerprint density at radius 2 is 1.80 bits per heavy atom. The number of anilines is 1. The molecule has 1 aromatic heterocycles. The molecule has 1 atom stereocenters. The van der Waals surface area contributed by atoms with E-state index in [2.05, 4.69) is 10.3 Å². The highest BCUT2D eigenvalue weighted by molar-refractivity contribution is 6.26. The molecule has 3 N–H and O–H groups in total. The maximum absolute atomic E-state index is 12.6. The zero-order chi connectivity index (χ0) is 14.3. The Labute approximate surface area is 115 Å². The Morgan fingerprint density at radius 3 is 2.50 bits per heavy atom. The number of nitrogens with two attached hydrogens (primary N) is 1. The van der Waals surface area contributed by atoms with Gasteiger partial charge in [-0.2, -0.15) is 0 Å². The molecule has 0 saturated carbocycles. The average Bonchev–Trinajstić information content (AvgIpc) is 2.45. The first-order valence-electron chi connectivity index (χ1n) is 6.22. The lowest BCUT2D eigenvalue weighted by Crippen LogP contribution is -2.57. The molecule has 0 saturated heterocycles. The van der Waals surface area contributed by atoms with E-state index in [0.29, 0.717) is 11.1 Å². The lowest BCUT2D eigenvalue weighted by Gasteiger charge is -2.31. The predicted octanol–water partition coefficient (Wildman–Crippen LogP) is 1.38. The molecular formula is C15H13N3O2. The van der Waals surface area contributed by atoms with Crippen LogP contribution in [0, 0.1) is 6.92 Å². The van der Waals surface area contributed by atoms with Crippen molar-refractivity contribution in [3.8, 4) is 0 Å². The van der Waals surface area contributed by atoms with E-state index in [1.54, 1.807) is 49.4 Å². The minimum Gasteiger partial charge on any atom is -0.308 e. The highest BCUT2D eigenvalue weighted by Crippen LogP contribution is 2.32. The van der Waals surface area contributed by atoms with E-state index in [4.69, 9.17) is 5.73 Å². The smallest absolute Gasteiger partial charge is 0.258 e. The van der Waals surface area contributed by atoms with Crippen molar-refractivity contribution in [2.24, 2.45) is 5.73 Å². The van der Waals surface area contributed by atoms with Crippen LogP contribution >= 0.6 is 0 Å². The Morgan fingerprint density at radius 1 is 1.10 bits per heavy atom. The lowest BCUT2D eigenvalue weighted by atomic mass is 9.80. The number of rotatable bonds is 1. The van der Waals surface area contributed by atoms with Gasteiger partial charge in [-0.05, 0) is 24.6 Å². The molecule has 0 spiro atoms. The van der Waals surface area contributed by atoms with Gasteiger partial charge >= 0.3 is 0 Å². The molecule has 0 bridgehead atoms. The highest BCUT2D eigenvalue weighted by Gasteiger charge is 2.48. The van der Waals surface area contributed by atoms with Crippen LogP contribution in [0.3, 0.4) is 0 Å². The summed E-state index contributed by atoms with van der Waals surface area (Å²) in [5.74, 6) is -0.716. The van der Waals surface area contributed by atoms with Crippen LogP contribution < -0.4 is 11.1 Å². The Bertz CT molecular complexity index is 712. The molecule has 100 valence electrons. The van der Waals surface area contributed by atoms with Gasteiger partial charge in [0.2, 0.25) is 5.78 Å². The normalized spacial score (nSPS) is 21.3. The second-order valence-corrected chi connectivity index (χ2v) is 4.81. The van der Waals surface area contributed by atoms with Crippen molar-refractivity contribution in [3.05, 3.63) is 59.3 Å². The topological polar surface area (TPSA) is 85.1 Å². The lowest BCUT2D eigenvalue weighted by molar-refractivity contribution is -0.120. The maximum atomic E-state index is 12.6. The number of aromatic nitrogens is 1. The molecule has 1 unspecified atom stereocenters. The van der Waals surface area contributed by atoms with Crippen LogP contribution in [0.4, 0.5) is 5.82 Å². The number of nitrogens with one attached hydrogen (secondary N) is 1. The van der Waals surface area contributed by atoms with Crippen LogP contribution in [0.5, 0.6) is 0 Å².